The van der Waals surface area contributed by atoms with Gasteiger partial charge in [-0.2, -0.15) is 0 Å². The number of amides is 1. The molecule has 0 saturated carbocycles. The molecule has 1 aliphatic heterocycles. The standard InChI is InChI=1S/C25H24N2O4S/c1-3-21(23(29)18-7-5-4-6-8-18)31-24(30)19-13-22(28)27(14-19)25-26-20(15-32-25)17-11-9-16(2)10-12-17/h4-12,15,19,21H,3,13-14H2,1-2H3/t19-,21-/m0/s1. The van der Waals surface area contributed by atoms with E-state index in [0.717, 1.165) is 16.8 Å². The molecule has 0 spiro atoms. The number of Topliss-reactive ketones (excluding diaryl/α,β-unsaturated/α-hetero) is 1. The summed E-state index contributed by atoms with van der Waals surface area (Å²) in [6.45, 7) is 4.02. The van der Waals surface area contributed by atoms with Gasteiger partial charge in [0.25, 0.3) is 0 Å². The van der Waals surface area contributed by atoms with Crippen molar-refractivity contribution in [3.63, 3.8) is 0 Å². The number of aryl methyl sites for hydroxylation is 1. The van der Waals surface area contributed by atoms with Crippen LogP contribution in [0.3, 0.4) is 0 Å². The number of carbonyl (C=O) groups excluding carboxylic acids is 3. The lowest BCUT2D eigenvalue weighted by Gasteiger charge is -2.18. The summed E-state index contributed by atoms with van der Waals surface area (Å²) < 4.78 is 5.53. The van der Waals surface area contributed by atoms with Crippen LogP contribution < -0.4 is 4.90 Å². The van der Waals surface area contributed by atoms with E-state index >= 15 is 0 Å². The predicted octanol–water partition coefficient (Wildman–Crippen LogP) is 4.68. The van der Waals surface area contributed by atoms with Crippen LogP contribution in [0.4, 0.5) is 5.13 Å². The Labute approximate surface area is 190 Å². The molecule has 6 nitrogen and oxygen atoms in total. The molecule has 2 atom stereocenters. The second-order valence-corrected chi connectivity index (χ2v) is 8.69. The highest BCUT2D eigenvalue weighted by molar-refractivity contribution is 7.14. The molecule has 1 fully saturated rings. The van der Waals surface area contributed by atoms with E-state index < -0.39 is 18.0 Å². The van der Waals surface area contributed by atoms with Crippen LogP contribution in [0.25, 0.3) is 11.3 Å². The molecule has 0 unspecified atom stereocenters. The third-order valence-corrected chi connectivity index (χ3v) is 6.37. The molecule has 0 N–H and O–H groups in total. The van der Waals surface area contributed by atoms with Crippen LogP contribution in [0.5, 0.6) is 0 Å². The van der Waals surface area contributed by atoms with Crippen molar-refractivity contribution in [1.29, 1.82) is 0 Å². The summed E-state index contributed by atoms with van der Waals surface area (Å²) in [6.07, 6.45) is -0.438. The third-order valence-electron chi connectivity index (χ3n) is 5.51. The van der Waals surface area contributed by atoms with Gasteiger partial charge in [-0.15, -0.1) is 11.3 Å². The average molecular weight is 449 g/mol. The van der Waals surface area contributed by atoms with Gasteiger partial charge in [0.1, 0.15) is 0 Å². The van der Waals surface area contributed by atoms with Gasteiger partial charge in [-0.25, -0.2) is 4.98 Å². The fourth-order valence-corrected chi connectivity index (χ4v) is 4.50. The number of benzene rings is 2. The minimum atomic E-state index is -0.859. The molecule has 1 aromatic heterocycles. The number of hydrogen-bond acceptors (Lipinski definition) is 6. The van der Waals surface area contributed by atoms with E-state index in [2.05, 4.69) is 4.98 Å². The van der Waals surface area contributed by atoms with Gasteiger partial charge in [0.05, 0.1) is 11.6 Å². The molecule has 4 rings (SSSR count). The van der Waals surface area contributed by atoms with Crippen molar-refractivity contribution in [2.75, 3.05) is 11.4 Å². The van der Waals surface area contributed by atoms with Crippen molar-refractivity contribution >= 4 is 34.1 Å². The molecular formula is C25H24N2O4S. The second-order valence-electron chi connectivity index (χ2n) is 7.85. The van der Waals surface area contributed by atoms with E-state index in [1.807, 2.05) is 42.6 Å². The lowest BCUT2D eigenvalue weighted by atomic mass is 10.0. The molecule has 0 radical (unpaired) electrons. The normalized spacial score (nSPS) is 16.8. The number of rotatable bonds is 7. The fourth-order valence-electron chi connectivity index (χ4n) is 3.64. The number of esters is 1. The van der Waals surface area contributed by atoms with Crippen LogP contribution in [0.1, 0.15) is 35.7 Å². The lowest BCUT2D eigenvalue weighted by molar-refractivity contribution is -0.151. The largest absolute Gasteiger partial charge is 0.454 e. The highest BCUT2D eigenvalue weighted by atomic mass is 32.1. The quantitative estimate of drug-likeness (QED) is 0.388. The number of carbonyl (C=O) groups is 3. The first-order chi connectivity index (χ1) is 15.5. The molecule has 1 amide bonds. The summed E-state index contributed by atoms with van der Waals surface area (Å²) in [5.74, 6) is -1.54. The Morgan fingerprint density at radius 2 is 1.88 bits per heavy atom. The van der Waals surface area contributed by atoms with Crippen molar-refractivity contribution in [2.24, 2.45) is 5.92 Å². The molecule has 7 heteroatoms. The highest BCUT2D eigenvalue weighted by Gasteiger charge is 2.39. The van der Waals surface area contributed by atoms with E-state index in [1.54, 1.807) is 31.2 Å². The summed E-state index contributed by atoms with van der Waals surface area (Å²) >= 11 is 1.37. The number of ketones is 1. The predicted molar refractivity (Wildman–Crippen MR) is 124 cm³/mol. The van der Waals surface area contributed by atoms with Gasteiger partial charge in [0.15, 0.2) is 11.2 Å². The zero-order chi connectivity index (χ0) is 22.7. The SMILES string of the molecule is CC[C@H](OC(=O)[C@H]1CC(=O)N(c2nc(-c3ccc(C)cc3)cs2)C1)C(=O)c1ccccc1. The van der Waals surface area contributed by atoms with Gasteiger partial charge in [0, 0.05) is 29.5 Å². The first-order valence-corrected chi connectivity index (χ1v) is 11.5. The zero-order valence-electron chi connectivity index (χ0n) is 18.0. The summed E-state index contributed by atoms with van der Waals surface area (Å²) in [5, 5.41) is 2.47. The van der Waals surface area contributed by atoms with Crippen LogP contribution in [0, 0.1) is 12.8 Å². The van der Waals surface area contributed by atoms with Crippen LogP contribution in [0.15, 0.2) is 60.0 Å². The van der Waals surface area contributed by atoms with E-state index in [9.17, 15) is 14.4 Å². The number of ether oxygens (including phenoxy) is 1. The first kappa shape index (κ1) is 21.9. The second kappa shape index (κ2) is 9.44. The highest BCUT2D eigenvalue weighted by Crippen LogP contribution is 2.32. The third kappa shape index (κ3) is 4.62. The maximum Gasteiger partial charge on any atom is 0.312 e. The van der Waals surface area contributed by atoms with Crippen molar-refractivity contribution < 1.29 is 19.1 Å². The van der Waals surface area contributed by atoms with E-state index in [1.165, 1.54) is 16.2 Å². The van der Waals surface area contributed by atoms with E-state index in [-0.39, 0.29) is 24.7 Å². The molecule has 1 saturated heterocycles. The zero-order valence-corrected chi connectivity index (χ0v) is 18.8. The minimum absolute atomic E-state index is 0.0498. The molecule has 3 aromatic rings. The Kier molecular flexibility index (Phi) is 6.46. The van der Waals surface area contributed by atoms with Gasteiger partial charge in [0.2, 0.25) is 11.7 Å². The number of hydrogen-bond donors (Lipinski definition) is 0. The Morgan fingerprint density at radius 1 is 1.16 bits per heavy atom. The molecule has 2 aromatic carbocycles. The monoisotopic (exact) mass is 448 g/mol. The molecular weight excluding hydrogens is 424 g/mol. The number of thiazole rings is 1. The van der Waals surface area contributed by atoms with Crippen LogP contribution in [-0.2, 0) is 14.3 Å². The maximum atomic E-state index is 12.8. The van der Waals surface area contributed by atoms with Crippen molar-refractivity contribution in [3.05, 3.63) is 71.1 Å². The lowest BCUT2D eigenvalue weighted by Crippen LogP contribution is -2.31. The number of anilines is 1. The van der Waals surface area contributed by atoms with Crippen LogP contribution in [-0.4, -0.2) is 35.3 Å². The Balaban J connectivity index is 1.42. The van der Waals surface area contributed by atoms with Crippen molar-refractivity contribution in [3.8, 4) is 11.3 Å². The summed E-state index contributed by atoms with van der Waals surface area (Å²) in [4.78, 5) is 44.2. The minimum Gasteiger partial charge on any atom is -0.454 e. The van der Waals surface area contributed by atoms with Crippen molar-refractivity contribution in [1.82, 2.24) is 4.98 Å². The molecule has 1 aliphatic rings. The van der Waals surface area contributed by atoms with Crippen LogP contribution in [0.2, 0.25) is 0 Å². The maximum absolute atomic E-state index is 12.8. The van der Waals surface area contributed by atoms with Gasteiger partial charge in [-0.05, 0) is 13.3 Å². The topological polar surface area (TPSA) is 76.6 Å². The van der Waals surface area contributed by atoms with Crippen molar-refractivity contribution in [2.45, 2.75) is 32.8 Å². The smallest absolute Gasteiger partial charge is 0.312 e. The van der Waals surface area contributed by atoms with Gasteiger partial charge >= 0.3 is 5.97 Å². The summed E-state index contributed by atoms with van der Waals surface area (Å²) in [7, 11) is 0. The summed E-state index contributed by atoms with van der Waals surface area (Å²) in [5.41, 5.74) is 3.44. The number of nitrogens with zero attached hydrogens (tertiary/aromatic N) is 2. The fraction of sp³-hybridized carbons (Fsp3) is 0.280. The Morgan fingerprint density at radius 3 is 2.56 bits per heavy atom. The Hall–Kier alpha value is -3.32. The molecule has 0 bridgehead atoms. The summed E-state index contributed by atoms with van der Waals surface area (Å²) in [6, 6.07) is 16.8. The molecule has 2 heterocycles. The van der Waals surface area contributed by atoms with E-state index in [0.29, 0.717) is 17.1 Å². The molecule has 0 aliphatic carbocycles. The van der Waals surface area contributed by atoms with Crippen LogP contribution >= 0.6 is 11.3 Å². The average Bonchev–Trinajstić information content (AvgIpc) is 3.45. The van der Waals surface area contributed by atoms with Gasteiger partial charge < -0.3 is 4.74 Å². The van der Waals surface area contributed by atoms with Gasteiger partial charge in [-0.3, -0.25) is 19.3 Å². The van der Waals surface area contributed by atoms with Gasteiger partial charge in [-0.1, -0.05) is 67.1 Å². The molecule has 32 heavy (non-hydrogen) atoms. The van der Waals surface area contributed by atoms with E-state index in [4.69, 9.17) is 4.74 Å². The Bertz CT molecular complexity index is 1120. The molecule has 164 valence electrons. The first-order valence-electron chi connectivity index (χ1n) is 10.6. The number of aromatic nitrogens is 1.